The molecule has 4 N–H and O–H groups in total. The number of amides is 1. The van der Waals surface area contributed by atoms with Crippen molar-refractivity contribution in [3.8, 4) is 0 Å². The van der Waals surface area contributed by atoms with E-state index in [-0.39, 0.29) is 10.0 Å². The van der Waals surface area contributed by atoms with Crippen molar-refractivity contribution in [3.63, 3.8) is 0 Å². The summed E-state index contributed by atoms with van der Waals surface area (Å²) in [6.07, 6.45) is 1.27. The third kappa shape index (κ3) is 3.34. The van der Waals surface area contributed by atoms with Crippen LogP contribution in [0.4, 0.5) is 20.2 Å². The molecule has 0 aliphatic carbocycles. The van der Waals surface area contributed by atoms with Crippen LogP contribution in [0.3, 0.4) is 0 Å². The van der Waals surface area contributed by atoms with E-state index >= 15 is 0 Å². The van der Waals surface area contributed by atoms with Crippen molar-refractivity contribution >= 4 is 33.2 Å². The molecule has 1 amide bonds. The van der Waals surface area contributed by atoms with E-state index in [0.29, 0.717) is 11.4 Å². The van der Waals surface area contributed by atoms with E-state index in [1.54, 1.807) is 13.0 Å². The maximum Gasteiger partial charge on any atom is 0.259 e. The summed E-state index contributed by atoms with van der Waals surface area (Å²) in [5.41, 5.74) is 2.83. The topological polar surface area (TPSA) is 80.0 Å². The molecule has 0 radical (unpaired) electrons. The van der Waals surface area contributed by atoms with Crippen LogP contribution in [-0.4, -0.2) is 10.9 Å². The van der Waals surface area contributed by atoms with Crippen LogP contribution in [0.1, 0.15) is 16.1 Å². The Kier molecular flexibility index (Phi) is 4.49. The number of halogens is 3. The van der Waals surface area contributed by atoms with E-state index in [0.717, 1.165) is 12.1 Å². The van der Waals surface area contributed by atoms with Crippen LogP contribution in [0.5, 0.6) is 0 Å². The Morgan fingerprint density at radius 2 is 1.90 bits per heavy atom. The Bertz CT molecular complexity index is 686. The van der Waals surface area contributed by atoms with Crippen molar-refractivity contribution in [2.75, 3.05) is 10.7 Å². The predicted molar refractivity (Wildman–Crippen MR) is 78.8 cm³/mol. The van der Waals surface area contributed by atoms with Gasteiger partial charge < -0.3 is 10.7 Å². The van der Waals surface area contributed by atoms with Crippen molar-refractivity contribution in [2.45, 2.75) is 6.92 Å². The number of carbonyl (C=O) groups excluding carboxylic acids is 1. The minimum Gasteiger partial charge on any atom is -0.323 e. The number of nitrogen functional groups attached to an aromatic ring is 1. The van der Waals surface area contributed by atoms with Crippen molar-refractivity contribution in [1.29, 1.82) is 0 Å². The van der Waals surface area contributed by atoms with Gasteiger partial charge in [-0.25, -0.2) is 8.78 Å². The van der Waals surface area contributed by atoms with Crippen molar-refractivity contribution in [2.24, 2.45) is 5.84 Å². The van der Waals surface area contributed by atoms with Gasteiger partial charge in [-0.3, -0.25) is 15.6 Å². The Morgan fingerprint density at radius 3 is 2.48 bits per heavy atom. The average molecular weight is 357 g/mol. The minimum absolute atomic E-state index is 0.0739. The molecule has 8 heteroatoms. The van der Waals surface area contributed by atoms with Gasteiger partial charge in [-0.2, -0.15) is 0 Å². The monoisotopic (exact) mass is 356 g/mol. The number of aromatic nitrogens is 1. The van der Waals surface area contributed by atoms with E-state index < -0.39 is 23.2 Å². The fraction of sp³-hybridized carbons (Fsp3) is 0.0769. The first-order chi connectivity index (χ1) is 9.92. The van der Waals surface area contributed by atoms with Crippen LogP contribution in [-0.2, 0) is 0 Å². The number of nitrogens with one attached hydrogen (secondary N) is 2. The van der Waals surface area contributed by atoms with Gasteiger partial charge in [0, 0.05) is 16.4 Å². The Hall–Kier alpha value is -2.06. The highest BCUT2D eigenvalue weighted by Gasteiger charge is 2.17. The van der Waals surface area contributed by atoms with Crippen molar-refractivity contribution < 1.29 is 13.6 Å². The molecule has 0 aliphatic heterocycles. The molecule has 5 nitrogen and oxygen atoms in total. The van der Waals surface area contributed by atoms with Crippen LogP contribution < -0.4 is 16.6 Å². The lowest BCUT2D eigenvalue weighted by molar-refractivity contribution is 0.102. The van der Waals surface area contributed by atoms with Gasteiger partial charge in [0.2, 0.25) is 0 Å². The van der Waals surface area contributed by atoms with Crippen molar-refractivity contribution in [3.05, 3.63) is 51.8 Å². The standard InChI is InChI=1S/C13H11BrF2N4O/c1-6-2-11(20-17)8(5-18-6)13(21)19-12-9(15)3-7(14)4-10(12)16/h2-5H,17H2,1H3,(H,18,20)(H,19,21). The van der Waals surface area contributed by atoms with E-state index in [4.69, 9.17) is 5.84 Å². The summed E-state index contributed by atoms with van der Waals surface area (Å²) in [6, 6.07) is 3.64. The number of nitrogens with zero attached hydrogens (tertiary/aromatic N) is 1. The molecule has 0 saturated heterocycles. The van der Waals surface area contributed by atoms with Gasteiger partial charge >= 0.3 is 0 Å². The number of hydrogen-bond acceptors (Lipinski definition) is 4. The highest BCUT2D eigenvalue weighted by Crippen LogP contribution is 2.25. The van der Waals surface area contributed by atoms with Gasteiger partial charge in [0.15, 0.2) is 11.6 Å². The molecule has 110 valence electrons. The van der Waals surface area contributed by atoms with Gasteiger partial charge in [-0.15, -0.1) is 0 Å². The van der Waals surface area contributed by atoms with E-state index in [9.17, 15) is 13.6 Å². The van der Waals surface area contributed by atoms with Gasteiger partial charge in [0.25, 0.3) is 5.91 Å². The lowest BCUT2D eigenvalue weighted by Crippen LogP contribution is -2.19. The number of benzene rings is 1. The molecule has 0 unspecified atom stereocenters. The molecule has 0 bridgehead atoms. The van der Waals surface area contributed by atoms with Gasteiger partial charge in [-0.05, 0) is 25.1 Å². The molecular weight excluding hydrogens is 346 g/mol. The van der Waals surface area contributed by atoms with Crippen molar-refractivity contribution in [1.82, 2.24) is 4.98 Å². The Morgan fingerprint density at radius 1 is 1.29 bits per heavy atom. The summed E-state index contributed by atoms with van der Waals surface area (Å²) in [6.45, 7) is 1.72. The fourth-order valence-electron chi connectivity index (χ4n) is 1.70. The van der Waals surface area contributed by atoms with E-state index in [1.807, 2.05) is 0 Å². The third-order valence-electron chi connectivity index (χ3n) is 2.69. The van der Waals surface area contributed by atoms with Crippen LogP contribution in [0.15, 0.2) is 28.9 Å². The number of carbonyl (C=O) groups is 1. The largest absolute Gasteiger partial charge is 0.323 e. The summed E-state index contributed by atoms with van der Waals surface area (Å²) in [5.74, 6) is 2.81. The smallest absolute Gasteiger partial charge is 0.259 e. The zero-order valence-corrected chi connectivity index (χ0v) is 12.5. The molecular formula is C13H11BrF2N4O. The molecule has 2 rings (SSSR count). The number of pyridine rings is 1. The molecule has 0 fully saturated rings. The minimum atomic E-state index is -0.891. The first kappa shape index (κ1) is 15.3. The molecule has 1 aromatic heterocycles. The zero-order chi connectivity index (χ0) is 15.6. The number of anilines is 2. The van der Waals surface area contributed by atoms with Crippen LogP contribution >= 0.6 is 15.9 Å². The van der Waals surface area contributed by atoms with Gasteiger partial charge in [0.1, 0.15) is 5.69 Å². The van der Waals surface area contributed by atoms with E-state index in [1.165, 1.54) is 6.20 Å². The van der Waals surface area contributed by atoms with Gasteiger partial charge in [0.05, 0.1) is 11.3 Å². The summed E-state index contributed by atoms with van der Waals surface area (Å²) in [4.78, 5) is 16.1. The second kappa shape index (κ2) is 6.15. The third-order valence-corrected chi connectivity index (χ3v) is 3.14. The zero-order valence-electron chi connectivity index (χ0n) is 10.9. The number of rotatable bonds is 3. The maximum atomic E-state index is 13.7. The normalized spacial score (nSPS) is 10.3. The molecule has 0 saturated carbocycles. The van der Waals surface area contributed by atoms with E-state index in [2.05, 4.69) is 31.7 Å². The van der Waals surface area contributed by atoms with Gasteiger partial charge in [-0.1, -0.05) is 15.9 Å². The molecule has 21 heavy (non-hydrogen) atoms. The maximum absolute atomic E-state index is 13.7. The van der Waals surface area contributed by atoms with Crippen LogP contribution in [0.25, 0.3) is 0 Å². The average Bonchev–Trinajstić information content (AvgIpc) is 2.42. The first-order valence-electron chi connectivity index (χ1n) is 5.81. The first-order valence-corrected chi connectivity index (χ1v) is 6.61. The van der Waals surface area contributed by atoms with Crippen LogP contribution in [0, 0.1) is 18.6 Å². The number of aryl methyl sites for hydroxylation is 1. The lowest BCUT2D eigenvalue weighted by Gasteiger charge is -2.11. The summed E-state index contributed by atoms with van der Waals surface area (Å²) in [7, 11) is 0. The molecule has 0 aliphatic rings. The van der Waals surface area contributed by atoms with Crippen LogP contribution in [0.2, 0.25) is 0 Å². The second-order valence-corrected chi connectivity index (χ2v) is 5.13. The second-order valence-electron chi connectivity index (χ2n) is 4.21. The SMILES string of the molecule is Cc1cc(NN)c(C(=O)Nc2c(F)cc(Br)cc2F)cn1. The number of hydrazine groups is 1. The summed E-state index contributed by atoms with van der Waals surface area (Å²) in [5, 5.41) is 2.17. The Balaban J connectivity index is 2.35. The molecule has 0 atom stereocenters. The molecule has 2 aromatic rings. The number of hydrogen-bond donors (Lipinski definition) is 3. The molecule has 0 spiro atoms. The quantitative estimate of drug-likeness (QED) is 0.583. The number of nitrogens with two attached hydrogens (primary N) is 1. The highest BCUT2D eigenvalue weighted by atomic mass is 79.9. The fourth-order valence-corrected chi connectivity index (χ4v) is 2.10. The summed E-state index contributed by atoms with van der Waals surface area (Å²) < 4.78 is 27.6. The Labute approximate surface area is 127 Å². The predicted octanol–water partition coefficient (Wildman–Crippen LogP) is 2.97. The highest BCUT2D eigenvalue weighted by molar-refractivity contribution is 9.10. The lowest BCUT2D eigenvalue weighted by atomic mass is 10.2. The summed E-state index contributed by atoms with van der Waals surface area (Å²) >= 11 is 2.96. The molecule has 1 aromatic carbocycles. The molecule has 1 heterocycles.